The monoisotopic (exact) mass is 336 g/mol. The molecule has 5 rings (SSSR count). The van der Waals surface area contributed by atoms with Gasteiger partial charge in [-0.1, -0.05) is 6.07 Å². The maximum absolute atomic E-state index is 13.0. The lowest BCUT2D eigenvalue weighted by Crippen LogP contribution is -2.49. The number of pyridine rings is 1. The van der Waals surface area contributed by atoms with E-state index in [-0.39, 0.29) is 29.8 Å². The molecule has 25 heavy (non-hydrogen) atoms. The lowest BCUT2D eigenvalue weighted by Gasteiger charge is -2.38. The molecule has 2 atom stereocenters. The van der Waals surface area contributed by atoms with Crippen molar-refractivity contribution in [3.05, 3.63) is 54.1 Å². The van der Waals surface area contributed by atoms with Crippen LogP contribution < -0.4 is 0 Å². The van der Waals surface area contributed by atoms with E-state index in [1.165, 1.54) is 0 Å². The summed E-state index contributed by atoms with van der Waals surface area (Å²) in [5.41, 5.74) is 1.73. The summed E-state index contributed by atoms with van der Waals surface area (Å²) in [4.78, 5) is 33.6. The highest BCUT2D eigenvalue weighted by atomic mass is 16.2. The summed E-state index contributed by atoms with van der Waals surface area (Å²) in [5, 5.41) is 0. The Balaban J connectivity index is 1.48. The first kappa shape index (κ1) is 14.7. The number of aromatic nitrogens is 2. The molecule has 2 aliphatic heterocycles. The number of amides is 2. The Hall–Kier alpha value is -2.63. The SMILES string of the molecule is O=C(C1CC1)N1C[C@@H]2[C@H](C1)n1cccc1C(=O)N2Cc1cccnc1. The normalized spacial score (nSPS) is 25.0. The number of likely N-dealkylation sites (tertiary alicyclic amines) is 1. The van der Waals surface area contributed by atoms with Gasteiger partial charge in [0.15, 0.2) is 0 Å². The second kappa shape index (κ2) is 5.44. The van der Waals surface area contributed by atoms with Crippen LogP contribution in [-0.2, 0) is 11.3 Å². The van der Waals surface area contributed by atoms with Crippen molar-refractivity contribution in [2.45, 2.75) is 31.5 Å². The zero-order valence-corrected chi connectivity index (χ0v) is 13.9. The number of fused-ring (bicyclic) bond motifs is 3. The fraction of sp³-hybridized carbons (Fsp3) is 0.421. The second-order valence-electron chi connectivity index (χ2n) is 7.25. The Labute approximate surface area is 146 Å². The number of hydrogen-bond donors (Lipinski definition) is 0. The Morgan fingerprint density at radius 3 is 2.76 bits per heavy atom. The summed E-state index contributed by atoms with van der Waals surface area (Å²) in [7, 11) is 0. The highest BCUT2D eigenvalue weighted by Crippen LogP contribution is 2.38. The van der Waals surface area contributed by atoms with E-state index in [0.29, 0.717) is 25.3 Å². The molecular weight excluding hydrogens is 316 g/mol. The highest BCUT2D eigenvalue weighted by Gasteiger charge is 2.48. The molecule has 0 spiro atoms. The van der Waals surface area contributed by atoms with Gasteiger partial charge in [0.1, 0.15) is 5.69 Å². The van der Waals surface area contributed by atoms with Gasteiger partial charge in [-0.25, -0.2) is 0 Å². The van der Waals surface area contributed by atoms with E-state index in [1.807, 2.05) is 40.3 Å². The van der Waals surface area contributed by atoms with E-state index < -0.39 is 0 Å². The minimum Gasteiger partial charge on any atom is -0.338 e. The van der Waals surface area contributed by atoms with Crippen molar-refractivity contribution in [2.75, 3.05) is 13.1 Å². The van der Waals surface area contributed by atoms with Crippen molar-refractivity contribution in [3.8, 4) is 0 Å². The molecule has 1 saturated carbocycles. The quantitative estimate of drug-likeness (QED) is 0.857. The van der Waals surface area contributed by atoms with E-state index in [4.69, 9.17) is 0 Å². The largest absolute Gasteiger partial charge is 0.338 e. The first-order chi connectivity index (χ1) is 12.2. The molecule has 0 radical (unpaired) electrons. The Morgan fingerprint density at radius 1 is 1.16 bits per heavy atom. The summed E-state index contributed by atoms with van der Waals surface area (Å²) >= 11 is 0. The van der Waals surface area contributed by atoms with Crippen molar-refractivity contribution in [2.24, 2.45) is 5.92 Å². The summed E-state index contributed by atoms with van der Waals surface area (Å²) in [6.45, 7) is 1.85. The molecule has 6 heteroatoms. The maximum atomic E-state index is 13.0. The first-order valence-corrected chi connectivity index (χ1v) is 8.88. The average Bonchev–Trinajstić information content (AvgIpc) is 3.19. The number of carbonyl (C=O) groups is 2. The second-order valence-corrected chi connectivity index (χ2v) is 7.25. The molecule has 2 aromatic heterocycles. The lowest BCUT2D eigenvalue weighted by molar-refractivity contribution is -0.131. The standard InChI is InChI=1S/C19H20N4O2/c24-18(14-5-6-14)21-11-16-17(12-21)23(10-13-3-1-7-20-9-13)19(25)15-4-2-8-22(15)16/h1-4,7-9,14,16-17H,5-6,10-12H2/t16-,17+/m0/s1. The molecule has 0 N–H and O–H groups in total. The van der Waals surface area contributed by atoms with Gasteiger partial charge in [0.05, 0.1) is 12.1 Å². The fourth-order valence-corrected chi connectivity index (χ4v) is 4.16. The van der Waals surface area contributed by atoms with E-state index in [2.05, 4.69) is 9.55 Å². The average molecular weight is 336 g/mol. The van der Waals surface area contributed by atoms with Gasteiger partial charge in [0, 0.05) is 44.1 Å². The van der Waals surface area contributed by atoms with Crippen LogP contribution in [0.3, 0.4) is 0 Å². The van der Waals surface area contributed by atoms with Gasteiger partial charge in [-0.3, -0.25) is 14.6 Å². The van der Waals surface area contributed by atoms with Gasteiger partial charge in [-0.15, -0.1) is 0 Å². The van der Waals surface area contributed by atoms with Gasteiger partial charge >= 0.3 is 0 Å². The third kappa shape index (κ3) is 2.35. The third-order valence-corrected chi connectivity index (χ3v) is 5.59. The molecule has 2 fully saturated rings. The number of rotatable bonds is 3. The molecule has 3 aliphatic rings. The van der Waals surface area contributed by atoms with Crippen LogP contribution in [0.25, 0.3) is 0 Å². The van der Waals surface area contributed by atoms with Crippen molar-refractivity contribution >= 4 is 11.8 Å². The molecule has 6 nitrogen and oxygen atoms in total. The summed E-state index contributed by atoms with van der Waals surface area (Å²) in [6, 6.07) is 7.84. The minimum absolute atomic E-state index is 0.0234. The van der Waals surface area contributed by atoms with Gasteiger partial charge in [-0.2, -0.15) is 0 Å². The minimum atomic E-state index is 0.0234. The van der Waals surface area contributed by atoms with Crippen LogP contribution in [0.2, 0.25) is 0 Å². The molecule has 1 aliphatic carbocycles. The Kier molecular flexibility index (Phi) is 3.20. The Bertz CT molecular complexity index is 827. The van der Waals surface area contributed by atoms with Crippen molar-refractivity contribution in [3.63, 3.8) is 0 Å². The molecule has 2 amide bonds. The molecule has 2 aromatic rings. The smallest absolute Gasteiger partial charge is 0.271 e. The maximum Gasteiger partial charge on any atom is 0.271 e. The lowest BCUT2D eigenvalue weighted by atomic mass is 10.0. The number of hydrogen-bond acceptors (Lipinski definition) is 3. The summed E-state index contributed by atoms with van der Waals surface area (Å²) in [6.07, 6.45) is 7.53. The molecule has 0 bridgehead atoms. The van der Waals surface area contributed by atoms with Crippen molar-refractivity contribution < 1.29 is 9.59 Å². The van der Waals surface area contributed by atoms with Crippen LogP contribution in [0, 0.1) is 5.92 Å². The van der Waals surface area contributed by atoms with Gasteiger partial charge < -0.3 is 14.4 Å². The van der Waals surface area contributed by atoms with Crippen LogP contribution >= 0.6 is 0 Å². The zero-order chi connectivity index (χ0) is 17.0. The summed E-state index contributed by atoms with van der Waals surface area (Å²) in [5.74, 6) is 0.513. The number of nitrogens with zero attached hydrogens (tertiary/aromatic N) is 4. The van der Waals surface area contributed by atoms with E-state index in [0.717, 1.165) is 18.4 Å². The van der Waals surface area contributed by atoms with Crippen LogP contribution in [-0.4, -0.2) is 50.3 Å². The predicted octanol–water partition coefficient (Wildman–Crippen LogP) is 1.70. The molecular formula is C19H20N4O2. The van der Waals surface area contributed by atoms with E-state index >= 15 is 0 Å². The van der Waals surface area contributed by atoms with Gasteiger partial charge in [0.25, 0.3) is 5.91 Å². The topological polar surface area (TPSA) is 58.4 Å². The first-order valence-electron chi connectivity index (χ1n) is 8.88. The molecule has 1 saturated heterocycles. The van der Waals surface area contributed by atoms with Crippen LogP contribution in [0.5, 0.6) is 0 Å². The molecule has 0 aromatic carbocycles. The molecule has 0 unspecified atom stereocenters. The Morgan fingerprint density at radius 2 is 2.00 bits per heavy atom. The number of carbonyl (C=O) groups excluding carboxylic acids is 2. The third-order valence-electron chi connectivity index (χ3n) is 5.59. The highest BCUT2D eigenvalue weighted by molar-refractivity contribution is 5.94. The van der Waals surface area contributed by atoms with Crippen molar-refractivity contribution in [1.29, 1.82) is 0 Å². The van der Waals surface area contributed by atoms with E-state index in [9.17, 15) is 9.59 Å². The van der Waals surface area contributed by atoms with Crippen LogP contribution in [0.15, 0.2) is 42.9 Å². The zero-order valence-electron chi connectivity index (χ0n) is 13.9. The van der Waals surface area contributed by atoms with Gasteiger partial charge in [-0.05, 0) is 36.6 Å². The van der Waals surface area contributed by atoms with E-state index in [1.54, 1.807) is 12.4 Å². The fourth-order valence-electron chi connectivity index (χ4n) is 4.16. The summed E-state index contributed by atoms with van der Waals surface area (Å²) < 4.78 is 2.06. The predicted molar refractivity (Wildman–Crippen MR) is 90.7 cm³/mol. The molecule has 4 heterocycles. The van der Waals surface area contributed by atoms with Crippen molar-refractivity contribution in [1.82, 2.24) is 19.4 Å². The van der Waals surface area contributed by atoms with Crippen LogP contribution in [0.4, 0.5) is 0 Å². The van der Waals surface area contributed by atoms with Gasteiger partial charge in [0.2, 0.25) is 5.91 Å². The van der Waals surface area contributed by atoms with Crippen LogP contribution in [0.1, 0.15) is 34.9 Å². The molecule has 128 valence electrons.